The molecule has 0 bridgehead atoms. The standard InChI is InChI=1S/C14H17N5O2S/c1-9-17-18-14(22-9)19-6-3-10(4-7-19)21-11-2-5-16-12(8-11)13(15)20/h2,5,8,10H,3-4,6-7H2,1H3,(H2,15,20). The highest BCUT2D eigenvalue weighted by molar-refractivity contribution is 7.15. The van der Waals surface area contributed by atoms with Crippen molar-refractivity contribution < 1.29 is 9.53 Å². The van der Waals surface area contributed by atoms with E-state index in [0.29, 0.717) is 5.75 Å². The third kappa shape index (κ3) is 3.33. The van der Waals surface area contributed by atoms with Crippen molar-refractivity contribution in [3.63, 3.8) is 0 Å². The molecule has 1 saturated heterocycles. The van der Waals surface area contributed by atoms with Gasteiger partial charge in [-0.2, -0.15) is 0 Å². The van der Waals surface area contributed by atoms with Crippen molar-refractivity contribution in [2.75, 3.05) is 18.0 Å². The first-order chi connectivity index (χ1) is 10.6. The van der Waals surface area contributed by atoms with Crippen LogP contribution in [0.1, 0.15) is 28.3 Å². The molecular weight excluding hydrogens is 302 g/mol. The van der Waals surface area contributed by atoms with Crippen molar-refractivity contribution in [3.05, 3.63) is 29.0 Å². The van der Waals surface area contributed by atoms with Crippen LogP contribution in [0.4, 0.5) is 5.13 Å². The van der Waals surface area contributed by atoms with Crippen molar-refractivity contribution in [1.82, 2.24) is 15.2 Å². The highest BCUT2D eigenvalue weighted by Gasteiger charge is 2.23. The number of nitrogens with zero attached hydrogens (tertiary/aromatic N) is 4. The Bertz CT molecular complexity index is 667. The third-order valence-corrected chi connectivity index (χ3v) is 4.41. The molecule has 2 N–H and O–H groups in total. The number of pyridine rings is 1. The Kier molecular flexibility index (Phi) is 4.19. The molecule has 0 radical (unpaired) electrons. The topological polar surface area (TPSA) is 94.2 Å². The summed E-state index contributed by atoms with van der Waals surface area (Å²) >= 11 is 1.61. The Labute approximate surface area is 132 Å². The average Bonchev–Trinajstić information content (AvgIpc) is 2.95. The molecule has 0 unspecified atom stereocenters. The van der Waals surface area contributed by atoms with E-state index in [4.69, 9.17) is 10.5 Å². The molecule has 0 spiro atoms. The first kappa shape index (κ1) is 14.7. The summed E-state index contributed by atoms with van der Waals surface area (Å²) in [4.78, 5) is 17.3. The number of hydrogen-bond acceptors (Lipinski definition) is 7. The minimum atomic E-state index is -0.549. The quantitative estimate of drug-likeness (QED) is 0.915. The van der Waals surface area contributed by atoms with Crippen LogP contribution in [-0.2, 0) is 0 Å². The van der Waals surface area contributed by atoms with Gasteiger partial charge in [0.05, 0.1) is 0 Å². The van der Waals surface area contributed by atoms with E-state index in [1.54, 1.807) is 23.5 Å². The molecule has 0 aromatic carbocycles. The van der Waals surface area contributed by atoms with Crippen molar-refractivity contribution in [2.45, 2.75) is 25.9 Å². The molecule has 2 aromatic rings. The summed E-state index contributed by atoms with van der Waals surface area (Å²) in [5.74, 6) is 0.0842. The third-order valence-electron chi connectivity index (χ3n) is 3.51. The number of ether oxygens (including phenoxy) is 1. The van der Waals surface area contributed by atoms with Gasteiger partial charge in [-0.3, -0.25) is 9.78 Å². The van der Waals surface area contributed by atoms with Crippen molar-refractivity contribution in [1.29, 1.82) is 0 Å². The van der Waals surface area contributed by atoms with Crippen molar-refractivity contribution in [3.8, 4) is 5.75 Å². The Morgan fingerprint density at radius 1 is 1.41 bits per heavy atom. The van der Waals surface area contributed by atoms with Gasteiger partial charge in [0.25, 0.3) is 5.91 Å². The van der Waals surface area contributed by atoms with Gasteiger partial charge >= 0.3 is 0 Å². The molecule has 0 saturated carbocycles. The molecule has 0 atom stereocenters. The van der Waals surface area contributed by atoms with Gasteiger partial charge in [0, 0.05) is 38.2 Å². The zero-order chi connectivity index (χ0) is 15.5. The number of aryl methyl sites for hydroxylation is 1. The maximum Gasteiger partial charge on any atom is 0.267 e. The van der Waals surface area contributed by atoms with Crippen LogP contribution in [0.2, 0.25) is 0 Å². The number of anilines is 1. The summed E-state index contributed by atoms with van der Waals surface area (Å²) in [6.07, 6.45) is 3.45. The molecule has 22 heavy (non-hydrogen) atoms. The summed E-state index contributed by atoms with van der Waals surface area (Å²) in [5.41, 5.74) is 5.45. The Morgan fingerprint density at radius 3 is 2.82 bits per heavy atom. The van der Waals surface area contributed by atoms with Crippen LogP contribution in [0.5, 0.6) is 5.75 Å². The number of nitrogens with two attached hydrogens (primary N) is 1. The SMILES string of the molecule is Cc1nnc(N2CCC(Oc3ccnc(C(N)=O)c3)CC2)s1. The van der Waals surface area contributed by atoms with Gasteiger partial charge in [0.1, 0.15) is 22.6 Å². The number of amides is 1. The molecule has 1 aliphatic heterocycles. The van der Waals surface area contributed by atoms with Gasteiger partial charge in [0.15, 0.2) is 0 Å². The fourth-order valence-corrected chi connectivity index (χ4v) is 3.13. The van der Waals surface area contributed by atoms with Gasteiger partial charge in [-0.1, -0.05) is 11.3 Å². The molecular formula is C14H17N5O2S. The van der Waals surface area contributed by atoms with Crippen molar-refractivity contribution >= 4 is 22.4 Å². The van der Waals surface area contributed by atoms with E-state index < -0.39 is 5.91 Å². The highest BCUT2D eigenvalue weighted by Crippen LogP contribution is 2.25. The van der Waals surface area contributed by atoms with E-state index in [0.717, 1.165) is 36.1 Å². The van der Waals surface area contributed by atoms with Crippen molar-refractivity contribution in [2.24, 2.45) is 5.73 Å². The molecule has 116 valence electrons. The van der Waals surface area contributed by atoms with Crippen LogP contribution in [0, 0.1) is 6.92 Å². The molecule has 1 amide bonds. The molecule has 3 heterocycles. The fraction of sp³-hybridized carbons (Fsp3) is 0.429. The van der Waals surface area contributed by atoms with Crippen LogP contribution in [-0.4, -0.2) is 40.3 Å². The van der Waals surface area contributed by atoms with Gasteiger partial charge in [-0.25, -0.2) is 0 Å². The number of primary amides is 1. The van der Waals surface area contributed by atoms with Crippen LogP contribution in [0.25, 0.3) is 0 Å². The normalized spacial score (nSPS) is 15.8. The molecule has 1 fully saturated rings. The lowest BCUT2D eigenvalue weighted by Crippen LogP contribution is -2.38. The monoisotopic (exact) mass is 319 g/mol. The van der Waals surface area contributed by atoms with E-state index >= 15 is 0 Å². The van der Waals surface area contributed by atoms with E-state index in [-0.39, 0.29) is 11.8 Å². The van der Waals surface area contributed by atoms with Gasteiger partial charge < -0.3 is 15.4 Å². The highest BCUT2D eigenvalue weighted by atomic mass is 32.1. The number of carbonyl (C=O) groups is 1. The van der Waals surface area contributed by atoms with Gasteiger partial charge in [0.2, 0.25) is 5.13 Å². The first-order valence-corrected chi connectivity index (χ1v) is 7.91. The van der Waals surface area contributed by atoms with E-state index in [1.807, 2.05) is 6.92 Å². The molecule has 7 nitrogen and oxygen atoms in total. The van der Waals surface area contributed by atoms with Gasteiger partial charge in [-0.15, -0.1) is 10.2 Å². The maximum absolute atomic E-state index is 11.1. The Morgan fingerprint density at radius 2 is 2.18 bits per heavy atom. The van der Waals surface area contributed by atoms with Gasteiger partial charge in [-0.05, 0) is 13.0 Å². The molecule has 1 aliphatic rings. The number of carbonyl (C=O) groups excluding carboxylic acids is 1. The van der Waals surface area contributed by atoms with E-state index in [9.17, 15) is 4.79 Å². The summed E-state index contributed by atoms with van der Waals surface area (Å²) in [7, 11) is 0. The molecule has 8 heteroatoms. The number of piperidine rings is 1. The lowest BCUT2D eigenvalue weighted by molar-refractivity contribution is 0.0994. The molecule has 2 aromatic heterocycles. The summed E-state index contributed by atoms with van der Waals surface area (Å²) in [5, 5.41) is 10.2. The largest absolute Gasteiger partial charge is 0.490 e. The molecule has 3 rings (SSSR count). The second kappa shape index (κ2) is 6.27. The van der Waals surface area contributed by atoms with E-state index in [1.165, 1.54) is 6.20 Å². The zero-order valence-electron chi connectivity index (χ0n) is 12.2. The van der Waals surface area contributed by atoms with Crippen LogP contribution < -0.4 is 15.4 Å². The molecule has 0 aliphatic carbocycles. The Hall–Kier alpha value is -2.22. The average molecular weight is 319 g/mol. The summed E-state index contributed by atoms with van der Waals surface area (Å²) in [6, 6.07) is 3.33. The smallest absolute Gasteiger partial charge is 0.267 e. The number of rotatable bonds is 4. The Balaban J connectivity index is 1.58. The predicted octanol–water partition coefficient (Wildman–Crippen LogP) is 1.39. The zero-order valence-corrected chi connectivity index (χ0v) is 13.0. The van der Waals surface area contributed by atoms with Crippen LogP contribution in [0.15, 0.2) is 18.3 Å². The lowest BCUT2D eigenvalue weighted by Gasteiger charge is -2.31. The lowest BCUT2D eigenvalue weighted by atomic mass is 10.1. The summed E-state index contributed by atoms with van der Waals surface area (Å²) < 4.78 is 5.93. The second-order valence-electron chi connectivity index (χ2n) is 5.15. The first-order valence-electron chi connectivity index (χ1n) is 7.09. The predicted molar refractivity (Wildman–Crippen MR) is 83.3 cm³/mol. The maximum atomic E-state index is 11.1. The second-order valence-corrected chi connectivity index (χ2v) is 6.31. The number of aromatic nitrogens is 3. The minimum absolute atomic E-state index is 0.119. The van der Waals surface area contributed by atoms with Crippen LogP contribution >= 0.6 is 11.3 Å². The minimum Gasteiger partial charge on any atom is -0.490 e. The fourth-order valence-electron chi connectivity index (χ4n) is 2.39. The number of hydrogen-bond donors (Lipinski definition) is 1. The van der Waals surface area contributed by atoms with E-state index in [2.05, 4.69) is 20.1 Å². The summed E-state index contributed by atoms with van der Waals surface area (Å²) in [6.45, 7) is 3.72. The van der Waals surface area contributed by atoms with Crippen LogP contribution in [0.3, 0.4) is 0 Å².